The van der Waals surface area contributed by atoms with Gasteiger partial charge in [-0.3, -0.25) is 0 Å². The average molecular weight is 264 g/mol. The van der Waals surface area contributed by atoms with Crippen molar-refractivity contribution in [3.63, 3.8) is 0 Å². The molecule has 2 aliphatic rings. The van der Waals surface area contributed by atoms with Gasteiger partial charge in [0.2, 0.25) is 0 Å². The Hall–Kier alpha value is -0.790. The van der Waals surface area contributed by atoms with Crippen LogP contribution < -0.4 is 0 Å². The minimum absolute atomic E-state index is 0.207. The summed E-state index contributed by atoms with van der Waals surface area (Å²) in [7, 11) is 0. The summed E-state index contributed by atoms with van der Waals surface area (Å²) in [4.78, 5) is 12.0. The van der Waals surface area contributed by atoms with E-state index in [9.17, 15) is 4.79 Å². The molecule has 2 saturated carbocycles. The Kier molecular flexibility index (Phi) is 4.37. The molecule has 2 heteroatoms. The molecule has 4 atom stereocenters. The third-order valence-corrected chi connectivity index (χ3v) is 5.22. The zero-order valence-corrected chi connectivity index (χ0v) is 12.7. The number of carbonyl (C=O) groups excluding carboxylic acids is 1. The molecule has 2 rings (SSSR count). The van der Waals surface area contributed by atoms with Crippen LogP contribution in [0.5, 0.6) is 0 Å². The number of ether oxygens (including phenoxy) is 1. The summed E-state index contributed by atoms with van der Waals surface area (Å²) >= 11 is 0. The van der Waals surface area contributed by atoms with Crippen LogP contribution in [0.15, 0.2) is 12.2 Å². The highest BCUT2D eigenvalue weighted by Gasteiger charge is 2.50. The van der Waals surface area contributed by atoms with Gasteiger partial charge in [0, 0.05) is 11.5 Å². The van der Waals surface area contributed by atoms with Gasteiger partial charge in [-0.1, -0.05) is 26.3 Å². The largest absolute Gasteiger partial charge is 0.456 e. The maximum absolute atomic E-state index is 12.0. The highest BCUT2D eigenvalue weighted by Crippen LogP contribution is 2.54. The van der Waals surface area contributed by atoms with Gasteiger partial charge in [0.1, 0.15) is 5.60 Å². The molecular weight excluding hydrogens is 236 g/mol. The first-order valence-corrected chi connectivity index (χ1v) is 7.85. The number of unbranched alkanes of at least 4 members (excludes halogenated alkanes) is 1. The lowest BCUT2D eigenvalue weighted by Gasteiger charge is -2.40. The summed E-state index contributed by atoms with van der Waals surface area (Å²) < 4.78 is 5.90. The molecule has 108 valence electrons. The SMILES string of the molecule is C=C(C)C(=O)OC(C)(CCCC)C1CC2CCC1C2. The van der Waals surface area contributed by atoms with Crippen LogP contribution >= 0.6 is 0 Å². The third kappa shape index (κ3) is 3.04. The number of hydrogen-bond donors (Lipinski definition) is 0. The van der Waals surface area contributed by atoms with Crippen molar-refractivity contribution in [2.24, 2.45) is 17.8 Å². The van der Waals surface area contributed by atoms with Crippen molar-refractivity contribution in [2.45, 2.75) is 71.3 Å². The second-order valence-electron chi connectivity index (χ2n) is 6.87. The van der Waals surface area contributed by atoms with Gasteiger partial charge in [-0.05, 0) is 57.8 Å². The summed E-state index contributed by atoms with van der Waals surface area (Å²) in [6.07, 6.45) is 8.62. The Morgan fingerprint density at radius 1 is 1.37 bits per heavy atom. The molecule has 0 N–H and O–H groups in total. The Bertz CT molecular complexity index is 360. The van der Waals surface area contributed by atoms with Crippen LogP contribution in [0.4, 0.5) is 0 Å². The van der Waals surface area contributed by atoms with E-state index in [1.54, 1.807) is 6.92 Å². The fourth-order valence-electron chi connectivity index (χ4n) is 4.13. The second kappa shape index (κ2) is 5.68. The monoisotopic (exact) mass is 264 g/mol. The topological polar surface area (TPSA) is 26.3 Å². The molecular formula is C17H28O2. The maximum Gasteiger partial charge on any atom is 0.333 e. The van der Waals surface area contributed by atoms with Crippen molar-refractivity contribution >= 4 is 5.97 Å². The van der Waals surface area contributed by atoms with Crippen molar-refractivity contribution < 1.29 is 9.53 Å². The van der Waals surface area contributed by atoms with Crippen LogP contribution in [0, 0.1) is 17.8 Å². The van der Waals surface area contributed by atoms with Crippen LogP contribution in [0.2, 0.25) is 0 Å². The Morgan fingerprint density at radius 2 is 2.11 bits per heavy atom. The molecule has 0 aromatic heterocycles. The normalized spacial score (nSPS) is 32.1. The molecule has 0 aliphatic heterocycles. The van der Waals surface area contributed by atoms with Gasteiger partial charge < -0.3 is 4.74 Å². The third-order valence-electron chi connectivity index (χ3n) is 5.22. The molecule has 0 radical (unpaired) electrons. The molecule has 0 aromatic carbocycles. The van der Waals surface area contributed by atoms with Gasteiger partial charge in [0.25, 0.3) is 0 Å². The quantitative estimate of drug-likeness (QED) is 0.522. The molecule has 19 heavy (non-hydrogen) atoms. The molecule has 0 heterocycles. The standard InChI is InChI=1S/C17H28O2/c1-5-6-9-17(4,19-16(18)12(2)3)15-11-13-7-8-14(15)10-13/h13-15H,2,5-11H2,1,3-4H3. The van der Waals surface area contributed by atoms with Crippen molar-refractivity contribution in [1.82, 2.24) is 0 Å². The highest BCUT2D eigenvalue weighted by atomic mass is 16.6. The van der Waals surface area contributed by atoms with Crippen molar-refractivity contribution in [2.75, 3.05) is 0 Å². The number of carbonyl (C=O) groups is 1. The van der Waals surface area contributed by atoms with E-state index in [0.29, 0.717) is 11.5 Å². The van der Waals surface area contributed by atoms with Crippen molar-refractivity contribution in [1.29, 1.82) is 0 Å². The van der Waals surface area contributed by atoms with Crippen LogP contribution in [0.25, 0.3) is 0 Å². The zero-order valence-electron chi connectivity index (χ0n) is 12.7. The van der Waals surface area contributed by atoms with Crippen LogP contribution in [0.1, 0.15) is 65.7 Å². The summed E-state index contributed by atoms with van der Waals surface area (Å²) in [6, 6.07) is 0. The highest BCUT2D eigenvalue weighted by molar-refractivity contribution is 5.87. The first-order chi connectivity index (χ1) is 8.96. The Morgan fingerprint density at radius 3 is 2.58 bits per heavy atom. The summed E-state index contributed by atoms with van der Waals surface area (Å²) in [6.45, 7) is 9.82. The lowest BCUT2D eigenvalue weighted by Crippen LogP contribution is -2.42. The number of hydrogen-bond acceptors (Lipinski definition) is 2. The van der Waals surface area contributed by atoms with Crippen molar-refractivity contribution in [3.8, 4) is 0 Å². The van der Waals surface area contributed by atoms with E-state index in [-0.39, 0.29) is 11.6 Å². The zero-order chi connectivity index (χ0) is 14.0. The maximum atomic E-state index is 12.0. The predicted molar refractivity (Wildman–Crippen MR) is 77.8 cm³/mol. The summed E-state index contributed by atoms with van der Waals surface area (Å²) in [5.74, 6) is 2.03. The van der Waals surface area contributed by atoms with E-state index >= 15 is 0 Å². The fraction of sp³-hybridized carbons (Fsp3) is 0.824. The van der Waals surface area contributed by atoms with E-state index in [1.165, 1.54) is 25.7 Å². The van der Waals surface area contributed by atoms with Gasteiger partial charge >= 0.3 is 5.97 Å². The number of esters is 1. The fourth-order valence-corrected chi connectivity index (χ4v) is 4.13. The number of fused-ring (bicyclic) bond motifs is 2. The van der Waals surface area contributed by atoms with Crippen LogP contribution in [0.3, 0.4) is 0 Å². The van der Waals surface area contributed by atoms with Gasteiger partial charge in [-0.2, -0.15) is 0 Å². The molecule has 2 bridgehead atoms. The lowest BCUT2D eigenvalue weighted by atomic mass is 9.74. The first-order valence-electron chi connectivity index (χ1n) is 7.85. The average Bonchev–Trinajstić information content (AvgIpc) is 2.98. The minimum atomic E-state index is -0.272. The molecule has 2 fully saturated rings. The molecule has 2 aliphatic carbocycles. The first kappa shape index (κ1) is 14.6. The Labute approximate surface area is 117 Å². The smallest absolute Gasteiger partial charge is 0.333 e. The van der Waals surface area contributed by atoms with Crippen LogP contribution in [-0.4, -0.2) is 11.6 Å². The molecule has 4 unspecified atom stereocenters. The molecule has 0 aromatic rings. The van der Waals surface area contributed by atoms with E-state index in [4.69, 9.17) is 4.74 Å². The van der Waals surface area contributed by atoms with E-state index in [0.717, 1.165) is 31.1 Å². The second-order valence-corrected chi connectivity index (χ2v) is 6.87. The molecule has 0 spiro atoms. The van der Waals surface area contributed by atoms with Gasteiger partial charge in [-0.15, -0.1) is 0 Å². The summed E-state index contributed by atoms with van der Waals surface area (Å²) in [5, 5.41) is 0. The summed E-state index contributed by atoms with van der Waals surface area (Å²) in [5.41, 5.74) is 0.247. The van der Waals surface area contributed by atoms with Crippen molar-refractivity contribution in [3.05, 3.63) is 12.2 Å². The van der Waals surface area contributed by atoms with E-state index in [1.807, 2.05) is 0 Å². The van der Waals surface area contributed by atoms with Gasteiger partial charge in [0.15, 0.2) is 0 Å². The minimum Gasteiger partial charge on any atom is -0.456 e. The van der Waals surface area contributed by atoms with Gasteiger partial charge in [-0.25, -0.2) is 4.79 Å². The Balaban J connectivity index is 2.09. The molecule has 2 nitrogen and oxygen atoms in total. The lowest BCUT2D eigenvalue weighted by molar-refractivity contribution is -0.162. The predicted octanol–water partition coefficient (Wildman–Crippen LogP) is 4.49. The molecule has 0 saturated heterocycles. The number of rotatable bonds is 6. The molecule has 0 amide bonds. The van der Waals surface area contributed by atoms with Gasteiger partial charge in [0.05, 0.1) is 0 Å². The van der Waals surface area contributed by atoms with E-state index < -0.39 is 0 Å². The van der Waals surface area contributed by atoms with E-state index in [2.05, 4.69) is 20.4 Å². The van der Waals surface area contributed by atoms with Crippen LogP contribution in [-0.2, 0) is 9.53 Å².